The van der Waals surface area contributed by atoms with Crippen LogP contribution in [0.5, 0.6) is 0 Å². The van der Waals surface area contributed by atoms with E-state index in [0.29, 0.717) is 5.69 Å². The van der Waals surface area contributed by atoms with Gasteiger partial charge in [0.15, 0.2) is 0 Å². The Morgan fingerprint density at radius 1 is 1.18 bits per heavy atom. The molecule has 1 aromatic carbocycles. The van der Waals surface area contributed by atoms with Gasteiger partial charge in [0.05, 0.1) is 11.8 Å². The van der Waals surface area contributed by atoms with Gasteiger partial charge in [-0.15, -0.1) is 0 Å². The zero-order valence-corrected chi connectivity index (χ0v) is 9.81. The van der Waals surface area contributed by atoms with Crippen LogP contribution < -0.4 is 5.32 Å². The van der Waals surface area contributed by atoms with Crippen molar-refractivity contribution in [2.75, 3.05) is 5.32 Å². The van der Waals surface area contributed by atoms with Gasteiger partial charge in [0.25, 0.3) is 0 Å². The van der Waals surface area contributed by atoms with Crippen LogP contribution in [0.4, 0.5) is 5.69 Å². The highest BCUT2D eigenvalue weighted by Gasteiger charge is 2.65. The quantitative estimate of drug-likeness (QED) is 0.838. The van der Waals surface area contributed by atoms with Gasteiger partial charge < -0.3 is 10.4 Å². The van der Waals surface area contributed by atoms with Crippen LogP contribution in [-0.4, -0.2) is 17.0 Å². The topological polar surface area (TPSA) is 66.4 Å². The molecule has 0 bridgehead atoms. The Bertz CT molecular complexity index is 453. The molecule has 2 N–H and O–H groups in total. The Morgan fingerprint density at radius 2 is 1.76 bits per heavy atom. The third-order valence-corrected chi connectivity index (χ3v) is 3.42. The van der Waals surface area contributed by atoms with Crippen molar-refractivity contribution in [2.45, 2.75) is 13.8 Å². The van der Waals surface area contributed by atoms with Crippen molar-refractivity contribution in [1.82, 2.24) is 0 Å². The number of amides is 1. The summed E-state index contributed by atoms with van der Waals surface area (Å²) in [5, 5.41) is 11.7. The van der Waals surface area contributed by atoms with E-state index in [1.165, 1.54) is 0 Å². The first kappa shape index (κ1) is 11.6. The average Bonchev–Trinajstić information content (AvgIpc) is 2.83. The molecule has 2 unspecified atom stereocenters. The average molecular weight is 233 g/mol. The van der Waals surface area contributed by atoms with Crippen molar-refractivity contribution in [3.05, 3.63) is 30.3 Å². The number of hydrogen-bond donors (Lipinski definition) is 2. The third-order valence-electron chi connectivity index (χ3n) is 3.42. The normalized spacial score (nSPS) is 25.1. The van der Waals surface area contributed by atoms with Gasteiger partial charge in [0, 0.05) is 5.69 Å². The number of aliphatic carboxylic acids is 1. The van der Waals surface area contributed by atoms with Crippen molar-refractivity contribution in [3.63, 3.8) is 0 Å². The number of rotatable bonds is 3. The fourth-order valence-electron chi connectivity index (χ4n) is 2.33. The smallest absolute Gasteiger partial charge is 0.307 e. The Kier molecular flexibility index (Phi) is 2.65. The Labute approximate surface area is 99.6 Å². The number of benzene rings is 1. The van der Waals surface area contributed by atoms with Gasteiger partial charge in [-0.1, -0.05) is 32.0 Å². The molecule has 0 aromatic heterocycles. The van der Waals surface area contributed by atoms with E-state index >= 15 is 0 Å². The van der Waals surface area contributed by atoms with Crippen LogP contribution in [0.3, 0.4) is 0 Å². The van der Waals surface area contributed by atoms with E-state index in [9.17, 15) is 9.59 Å². The molecule has 90 valence electrons. The molecule has 1 amide bonds. The van der Waals surface area contributed by atoms with Crippen LogP contribution in [0.25, 0.3) is 0 Å². The van der Waals surface area contributed by atoms with Gasteiger partial charge in [0.2, 0.25) is 5.91 Å². The lowest BCUT2D eigenvalue weighted by Gasteiger charge is -2.05. The monoisotopic (exact) mass is 233 g/mol. The molecule has 0 aliphatic heterocycles. The fourth-order valence-corrected chi connectivity index (χ4v) is 2.33. The first-order valence-corrected chi connectivity index (χ1v) is 5.53. The van der Waals surface area contributed by atoms with Crippen LogP contribution >= 0.6 is 0 Å². The summed E-state index contributed by atoms with van der Waals surface area (Å²) in [6.45, 7) is 3.61. The predicted octanol–water partition coefficient (Wildman–Crippen LogP) is 1.98. The third kappa shape index (κ3) is 2.02. The van der Waals surface area contributed by atoms with Crippen molar-refractivity contribution in [1.29, 1.82) is 0 Å². The molecule has 0 radical (unpaired) electrons. The zero-order valence-electron chi connectivity index (χ0n) is 9.81. The minimum atomic E-state index is -0.900. The molecule has 1 fully saturated rings. The molecule has 0 saturated heterocycles. The number of para-hydroxylation sites is 1. The first-order valence-electron chi connectivity index (χ1n) is 5.53. The van der Waals surface area contributed by atoms with Crippen molar-refractivity contribution in [3.8, 4) is 0 Å². The van der Waals surface area contributed by atoms with Crippen LogP contribution in [0.1, 0.15) is 13.8 Å². The zero-order chi connectivity index (χ0) is 12.6. The minimum absolute atomic E-state index is 0.214. The van der Waals surface area contributed by atoms with Crippen molar-refractivity contribution < 1.29 is 14.7 Å². The SMILES string of the molecule is CC1(C)C(C(=O)O)C1C(=O)Nc1ccccc1. The van der Waals surface area contributed by atoms with E-state index in [2.05, 4.69) is 5.32 Å². The highest BCUT2D eigenvalue weighted by atomic mass is 16.4. The molecule has 17 heavy (non-hydrogen) atoms. The summed E-state index contributed by atoms with van der Waals surface area (Å²) in [6.07, 6.45) is 0. The molecular formula is C13H15NO3. The molecule has 2 rings (SSSR count). The largest absolute Gasteiger partial charge is 0.481 e. The van der Waals surface area contributed by atoms with E-state index < -0.39 is 23.2 Å². The van der Waals surface area contributed by atoms with E-state index in [1.54, 1.807) is 26.0 Å². The summed E-state index contributed by atoms with van der Waals surface area (Å²) >= 11 is 0. The van der Waals surface area contributed by atoms with E-state index in [4.69, 9.17) is 5.11 Å². The molecule has 4 heteroatoms. The second kappa shape index (κ2) is 3.87. The van der Waals surface area contributed by atoms with Crippen LogP contribution in [0, 0.1) is 17.3 Å². The van der Waals surface area contributed by atoms with Crippen LogP contribution in [-0.2, 0) is 9.59 Å². The number of carbonyl (C=O) groups excluding carboxylic acids is 1. The lowest BCUT2D eigenvalue weighted by atomic mass is 10.1. The molecule has 4 nitrogen and oxygen atoms in total. The van der Waals surface area contributed by atoms with Crippen molar-refractivity contribution >= 4 is 17.6 Å². The summed E-state index contributed by atoms with van der Waals surface area (Å²) in [5.74, 6) is -2.14. The predicted molar refractivity (Wildman–Crippen MR) is 63.5 cm³/mol. The summed E-state index contributed by atoms with van der Waals surface area (Å²) in [7, 11) is 0. The maximum Gasteiger partial charge on any atom is 0.307 e. The Morgan fingerprint density at radius 3 is 2.24 bits per heavy atom. The first-order chi connectivity index (χ1) is 7.94. The second-order valence-corrected chi connectivity index (χ2v) is 4.97. The number of carboxylic acids is 1. The van der Waals surface area contributed by atoms with Crippen LogP contribution in [0.2, 0.25) is 0 Å². The Balaban J connectivity index is 2.06. The van der Waals surface area contributed by atoms with Crippen molar-refractivity contribution in [2.24, 2.45) is 17.3 Å². The molecule has 1 aliphatic rings. The number of carboxylic acid groups (broad SMARTS) is 1. The summed E-state index contributed by atoms with van der Waals surface area (Å²) in [6, 6.07) is 9.06. The second-order valence-electron chi connectivity index (χ2n) is 4.97. The lowest BCUT2D eigenvalue weighted by Crippen LogP contribution is -2.17. The Hall–Kier alpha value is -1.84. The van der Waals surface area contributed by atoms with E-state index in [1.807, 2.05) is 18.2 Å². The number of nitrogens with one attached hydrogen (secondary N) is 1. The minimum Gasteiger partial charge on any atom is -0.481 e. The number of carbonyl (C=O) groups is 2. The van der Waals surface area contributed by atoms with E-state index in [-0.39, 0.29) is 5.91 Å². The molecule has 1 aliphatic carbocycles. The molecule has 0 spiro atoms. The molecular weight excluding hydrogens is 218 g/mol. The van der Waals surface area contributed by atoms with Gasteiger partial charge in [-0.25, -0.2) is 0 Å². The highest BCUT2D eigenvalue weighted by Crippen LogP contribution is 2.58. The van der Waals surface area contributed by atoms with E-state index in [0.717, 1.165) is 0 Å². The molecule has 2 atom stereocenters. The standard InChI is InChI=1S/C13H15NO3/c1-13(2)9(10(13)12(16)17)11(15)14-8-6-4-3-5-7-8/h3-7,9-10H,1-2H3,(H,14,15)(H,16,17). The lowest BCUT2D eigenvalue weighted by molar-refractivity contribution is -0.140. The maximum absolute atomic E-state index is 11.9. The summed E-state index contributed by atoms with van der Waals surface area (Å²) in [4.78, 5) is 22.9. The van der Waals surface area contributed by atoms with Gasteiger partial charge in [-0.05, 0) is 17.5 Å². The van der Waals surface area contributed by atoms with Gasteiger partial charge in [0.1, 0.15) is 0 Å². The highest BCUT2D eigenvalue weighted by molar-refractivity contribution is 5.99. The molecule has 0 heterocycles. The molecule has 1 saturated carbocycles. The maximum atomic E-state index is 11.9. The summed E-state index contributed by atoms with van der Waals surface area (Å²) in [5.41, 5.74) is 0.245. The number of hydrogen-bond acceptors (Lipinski definition) is 2. The van der Waals surface area contributed by atoms with Crippen LogP contribution in [0.15, 0.2) is 30.3 Å². The summed E-state index contributed by atoms with van der Waals surface area (Å²) < 4.78 is 0. The van der Waals surface area contributed by atoms with Gasteiger partial charge in [-0.3, -0.25) is 9.59 Å². The van der Waals surface area contributed by atoms with Gasteiger partial charge >= 0.3 is 5.97 Å². The van der Waals surface area contributed by atoms with Gasteiger partial charge in [-0.2, -0.15) is 0 Å². The fraction of sp³-hybridized carbons (Fsp3) is 0.385. The molecule has 1 aromatic rings. The number of anilines is 1.